The lowest BCUT2D eigenvalue weighted by Gasteiger charge is -2.26. The van der Waals surface area contributed by atoms with Gasteiger partial charge in [0.05, 0.1) is 25.4 Å². The third-order valence-electron chi connectivity index (χ3n) is 2.70. The maximum absolute atomic E-state index is 6.08. The van der Waals surface area contributed by atoms with Crippen molar-refractivity contribution in [2.45, 2.75) is 39.3 Å². The summed E-state index contributed by atoms with van der Waals surface area (Å²) in [6.45, 7) is 9.64. The molecule has 1 unspecified atom stereocenters. The Hall–Kier alpha value is -0.770. The van der Waals surface area contributed by atoms with Crippen molar-refractivity contribution >= 4 is 11.6 Å². The second kappa shape index (κ2) is 7.13. The monoisotopic (exact) mass is 285 g/mol. The second-order valence-corrected chi connectivity index (χ2v) is 5.86. The lowest BCUT2D eigenvalue weighted by molar-refractivity contribution is -0.0148. The molecule has 4 heteroatoms. The zero-order valence-corrected chi connectivity index (χ0v) is 13.2. The summed E-state index contributed by atoms with van der Waals surface area (Å²) in [7, 11) is 1.67. The van der Waals surface area contributed by atoms with Gasteiger partial charge in [-0.3, -0.25) is 0 Å². The molecule has 0 bridgehead atoms. The molecule has 0 aromatic heterocycles. The molecular weight excluding hydrogens is 262 g/mol. The quantitative estimate of drug-likeness (QED) is 0.862. The number of ether oxygens (including phenoxy) is 2. The Labute approximate surface area is 121 Å². The molecule has 1 aromatic carbocycles. The number of rotatable bonds is 6. The largest absolute Gasteiger partial charge is 0.496 e. The average Bonchev–Trinajstić information content (AvgIpc) is 2.33. The summed E-state index contributed by atoms with van der Waals surface area (Å²) in [6.07, 6.45) is 0. The number of hydrogen-bond donors (Lipinski definition) is 1. The van der Waals surface area contributed by atoms with E-state index in [2.05, 4.69) is 12.2 Å². The van der Waals surface area contributed by atoms with Gasteiger partial charge in [-0.25, -0.2) is 0 Å². The predicted octanol–water partition coefficient (Wildman–Crippen LogP) is 3.81. The van der Waals surface area contributed by atoms with Gasteiger partial charge in [0.25, 0.3) is 0 Å². The van der Waals surface area contributed by atoms with Gasteiger partial charge >= 0.3 is 0 Å². The first-order chi connectivity index (χ1) is 8.87. The van der Waals surface area contributed by atoms with Crippen LogP contribution in [-0.4, -0.2) is 25.9 Å². The molecule has 0 aliphatic heterocycles. The van der Waals surface area contributed by atoms with Crippen molar-refractivity contribution in [1.82, 2.24) is 5.32 Å². The van der Waals surface area contributed by atoms with Crippen LogP contribution in [0.5, 0.6) is 5.75 Å². The zero-order chi connectivity index (χ0) is 14.5. The van der Waals surface area contributed by atoms with E-state index in [1.807, 2.05) is 39.0 Å². The summed E-state index contributed by atoms with van der Waals surface area (Å²) in [5.41, 5.74) is 0.862. The Kier molecular flexibility index (Phi) is 6.11. The van der Waals surface area contributed by atoms with Crippen LogP contribution in [0.1, 0.15) is 39.3 Å². The minimum Gasteiger partial charge on any atom is -0.496 e. The highest BCUT2D eigenvalue weighted by molar-refractivity contribution is 6.30. The highest BCUT2D eigenvalue weighted by Gasteiger charge is 2.19. The Morgan fingerprint density at radius 2 is 2.00 bits per heavy atom. The SMILES string of the molecule is CCNC(COC(C)(C)C)c1cc(Cl)ccc1OC. The van der Waals surface area contributed by atoms with Crippen molar-refractivity contribution in [3.8, 4) is 5.75 Å². The van der Waals surface area contributed by atoms with E-state index in [1.54, 1.807) is 7.11 Å². The average molecular weight is 286 g/mol. The van der Waals surface area contributed by atoms with E-state index in [0.29, 0.717) is 11.6 Å². The molecule has 0 fully saturated rings. The first-order valence-electron chi connectivity index (χ1n) is 6.58. The molecule has 108 valence electrons. The fourth-order valence-corrected chi connectivity index (χ4v) is 2.00. The standard InChI is InChI=1S/C15H24ClNO2/c1-6-17-13(10-19-15(2,3)4)12-9-11(16)7-8-14(12)18-5/h7-9,13,17H,6,10H2,1-5H3. The summed E-state index contributed by atoms with van der Waals surface area (Å²) < 4.78 is 11.3. The molecule has 0 amide bonds. The van der Waals surface area contributed by atoms with Crippen LogP contribution < -0.4 is 10.1 Å². The maximum Gasteiger partial charge on any atom is 0.123 e. The Bertz CT molecular complexity index is 402. The van der Waals surface area contributed by atoms with Gasteiger partial charge in [-0.05, 0) is 45.5 Å². The first kappa shape index (κ1) is 16.3. The summed E-state index contributed by atoms with van der Waals surface area (Å²) in [4.78, 5) is 0. The second-order valence-electron chi connectivity index (χ2n) is 5.42. The van der Waals surface area contributed by atoms with Crippen LogP contribution >= 0.6 is 11.6 Å². The van der Waals surface area contributed by atoms with Crippen molar-refractivity contribution in [3.63, 3.8) is 0 Å². The molecule has 1 N–H and O–H groups in total. The number of methoxy groups -OCH3 is 1. The summed E-state index contributed by atoms with van der Waals surface area (Å²) in [5, 5.41) is 4.11. The van der Waals surface area contributed by atoms with Gasteiger partial charge in [-0.2, -0.15) is 0 Å². The van der Waals surface area contributed by atoms with Gasteiger partial charge in [-0.15, -0.1) is 0 Å². The highest BCUT2D eigenvalue weighted by atomic mass is 35.5. The molecule has 0 saturated carbocycles. The van der Waals surface area contributed by atoms with Crippen molar-refractivity contribution in [2.24, 2.45) is 0 Å². The molecule has 1 atom stereocenters. The summed E-state index contributed by atoms with van der Waals surface area (Å²) in [6, 6.07) is 5.72. The van der Waals surface area contributed by atoms with Crippen LogP contribution in [0.15, 0.2) is 18.2 Å². The third kappa shape index (κ3) is 5.39. The van der Waals surface area contributed by atoms with Gasteiger partial charge in [-0.1, -0.05) is 18.5 Å². The molecule has 19 heavy (non-hydrogen) atoms. The van der Waals surface area contributed by atoms with Crippen molar-refractivity contribution < 1.29 is 9.47 Å². The van der Waals surface area contributed by atoms with E-state index in [0.717, 1.165) is 17.9 Å². The van der Waals surface area contributed by atoms with Crippen LogP contribution in [0.4, 0.5) is 0 Å². The number of hydrogen-bond acceptors (Lipinski definition) is 3. The van der Waals surface area contributed by atoms with E-state index in [-0.39, 0.29) is 11.6 Å². The molecule has 0 saturated heterocycles. The first-order valence-corrected chi connectivity index (χ1v) is 6.96. The van der Waals surface area contributed by atoms with Gasteiger partial charge in [0.15, 0.2) is 0 Å². The Morgan fingerprint density at radius 1 is 1.32 bits per heavy atom. The van der Waals surface area contributed by atoms with Gasteiger partial charge < -0.3 is 14.8 Å². The Morgan fingerprint density at radius 3 is 2.53 bits per heavy atom. The molecule has 0 aliphatic rings. The third-order valence-corrected chi connectivity index (χ3v) is 2.94. The molecule has 3 nitrogen and oxygen atoms in total. The predicted molar refractivity (Wildman–Crippen MR) is 80.1 cm³/mol. The van der Waals surface area contributed by atoms with Crippen molar-refractivity contribution in [3.05, 3.63) is 28.8 Å². The lowest BCUT2D eigenvalue weighted by Crippen LogP contribution is -2.30. The maximum atomic E-state index is 6.08. The molecule has 0 spiro atoms. The van der Waals surface area contributed by atoms with E-state index < -0.39 is 0 Å². The van der Waals surface area contributed by atoms with E-state index in [1.165, 1.54) is 0 Å². The zero-order valence-electron chi connectivity index (χ0n) is 12.4. The number of benzene rings is 1. The van der Waals surface area contributed by atoms with E-state index in [4.69, 9.17) is 21.1 Å². The van der Waals surface area contributed by atoms with Crippen LogP contribution in [0, 0.1) is 0 Å². The topological polar surface area (TPSA) is 30.5 Å². The van der Waals surface area contributed by atoms with Crippen LogP contribution in [-0.2, 0) is 4.74 Å². The van der Waals surface area contributed by atoms with Crippen molar-refractivity contribution in [1.29, 1.82) is 0 Å². The minimum atomic E-state index is -0.167. The summed E-state index contributed by atoms with van der Waals surface area (Å²) >= 11 is 6.08. The van der Waals surface area contributed by atoms with E-state index in [9.17, 15) is 0 Å². The van der Waals surface area contributed by atoms with E-state index >= 15 is 0 Å². The van der Waals surface area contributed by atoms with Crippen molar-refractivity contribution in [2.75, 3.05) is 20.3 Å². The Balaban J connectivity index is 2.94. The van der Waals surface area contributed by atoms with Gasteiger partial charge in [0, 0.05) is 10.6 Å². The van der Waals surface area contributed by atoms with Crippen LogP contribution in [0.25, 0.3) is 0 Å². The number of nitrogens with one attached hydrogen (secondary N) is 1. The molecule has 0 radical (unpaired) electrons. The lowest BCUT2D eigenvalue weighted by atomic mass is 10.1. The smallest absolute Gasteiger partial charge is 0.123 e. The van der Waals surface area contributed by atoms with Crippen LogP contribution in [0.3, 0.4) is 0 Å². The van der Waals surface area contributed by atoms with Crippen LogP contribution in [0.2, 0.25) is 5.02 Å². The minimum absolute atomic E-state index is 0.0675. The fourth-order valence-electron chi connectivity index (χ4n) is 1.82. The molecular formula is C15H24ClNO2. The fraction of sp³-hybridized carbons (Fsp3) is 0.600. The molecule has 0 aliphatic carbocycles. The molecule has 0 heterocycles. The summed E-state index contributed by atoms with van der Waals surface area (Å²) in [5.74, 6) is 0.827. The number of likely N-dealkylation sites (N-methyl/N-ethyl adjacent to an activating group) is 1. The van der Waals surface area contributed by atoms with Gasteiger partial charge in [0.1, 0.15) is 5.75 Å². The molecule has 1 rings (SSSR count). The van der Waals surface area contributed by atoms with Gasteiger partial charge in [0.2, 0.25) is 0 Å². The highest BCUT2D eigenvalue weighted by Crippen LogP contribution is 2.29. The molecule has 1 aromatic rings. The normalized spacial score (nSPS) is 13.4. The number of halogens is 1.